The normalized spacial score (nSPS) is 16.7. The van der Waals surface area contributed by atoms with Crippen LogP contribution in [-0.2, 0) is 0 Å². The van der Waals surface area contributed by atoms with E-state index < -0.39 is 0 Å². The lowest BCUT2D eigenvalue weighted by molar-refractivity contribution is 0.709. The third-order valence-electron chi connectivity index (χ3n) is 4.45. The number of anilines is 1. The van der Waals surface area contributed by atoms with Crippen LogP contribution in [0.2, 0.25) is 15.1 Å². The molecule has 0 saturated heterocycles. The molecule has 3 aromatic carbocycles. The fraction of sp³-hybridized carbons (Fsp3) is 0.0952. The lowest BCUT2D eigenvalue weighted by atomic mass is 9.98. The smallest absolute Gasteiger partial charge is 0.0846 e. The van der Waals surface area contributed by atoms with Crippen LogP contribution in [0.15, 0.2) is 77.9 Å². The van der Waals surface area contributed by atoms with Gasteiger partial charge in [-0.05, 0) is 41.5 Å². The summed E-state index contributed by atoms with van der Waals surface area (Å²) in [5.41, 5.74) is 3.91. The number of hydrogen-bond donors (Lipinski definition) is 0. The van der Waals surface area contributed by atoms with Gasteiger partial charge in [0, 0.05) is 16.5 Å². The minimum absolute atomic E-state index is 0.0192. The maximum Gasteiger partial charge on any atom is 0.0846 e. The van der Waals surface area contributed by atoms with E-state index in [0.717, 1.165) is 34.0 Å². The monoisotopic (exact) mass is 400 g/mol. The van der Waals surface area contributed by atoms with E-state index in [-0.39, 0.29) is 6.04 Å². The minimum Gasteiger partial charge on any atom is -0.256 e. The summed E-state index contributed by atoms with van der Waals surface area (Å²) in [7, 11) is 0. The molecule has 3 aromatic rings. The number of hydrazone groups is 1. The first-order chi connectivity index (χ1) is 12.6. The summed E-state index contributed by atoms with van der Waals surface area (Å²) in [6.45, 7) is 0. The molecule has 0 aromatic heterocycles. The van der Waals surface area contributed by atoms with Gasteiger partial charge in [0.15, 0.2) is 0 Å². The molecular formula is C21H15Cl3N2. The molecule has 0 spiro atoms. The molecule has 0 unspecified atom stereocenters. The summed E-state index contributed by atoms with van der Waals surface area (Å²) in [5, 5.41) is 8.94. The highest BCUT2D eigenvalue weighted by Crippen LogP contribution is 2.41. The lowest BCUT2D eigenvalue weighted by Gasteiger charge is -2.25. The van der Waals surface area contributed by atoms with Crippen LogP contribution >= 0.6 is 34.8 Å². The van der Waals surface area contributed by atoms with Gasteiger partial charge >= 0.3 is 0 Å². The van der Waals surface area contributed by atoms with Crippen LogP contribution in [0.1, 0.15) is 23.6 Å². The van der Waals surface area contributed by atoms with Crippen molar-refractivity contribution in [2.24, 2.45) is 5.10 Å². The van der Waals surface area contributed by atoms with E-state index in [4.69, 9.17) is 39.9 Å². The Hall–Kier alpha value is -2.00. The van der Waals surface area contributed by atoms with Gasteiger partial charge in [-0.15, -0.1) is 0 Å². The average Bonchev–Trinajstić information content (AvgIpc) is 3.08. The summed E-state index contributed by atoms with van der Waals surface area (Å²) >= 11 is 19.0. The molecule has 26 heavy (non-hydrogen) atoms. The molecule has 0 fully saturated rings. The number of nitrogens with zero attached hydrogens (tertiary/aromatic N) is 2. The molecule has 1 aliphatic heterocycles. The van der Waals surface area contributed by atoms with Crippen LogP contribution in [0.4, 0.5) is 5.69 Å². The Labute approximate surface area is 167 Å². The third kappa shape index (κ3) is 3.33. The molecule has 1 atom stereocenters. The van der Waals surface area contributed by atoms with E-state index in [0.29, 0.717) is 10.0 Å². The van der Waals surface area contributed by atoms with Gasteiger partial charge in [-0.1, -0.05) is 77.3 Å². The van der Waals surface area contributed by atoms with Gasteiger partial charge in [-0.3, -0.25) is 5.01 Å². The second-order valence-corrected chi connectivity index (χ2v) is 7.34. The standard InChI is InChI=1S/C21H15Cl3N2/c22-15-11-9-14(10-12-15)19-13-21(16-5-1-2-6-17(16)23)26(25-19)20-8-4-3-7-18(20)24/h1-12,21H,13H2/t21-/m1/s1. The summed E-state index contributed by atoms with van der Waals surface area (Å²) in [6.07, 6.45) is 0.733. The fourth-order valence-corrected chi connectivity index (χ4v) is 3.78. The summed E-state index contributed by atoms with van der Waals surface area (Å²) in [5.74, 6) is 0. The van der Waals surface area contributed by atoms with E-state index in [1.54, 1.807) is 0 Å². The van der Waals surface area contributed by atoms with Gasteiger partial charge < -0.3 is 0 Å². The van der Waals surface area contributed by atoms with Gasteiger partial charge in [0.05, 0.1) is 22.5 Å². The van der Waals surface area contributed by atoms with E-state index in [1.807, 2.05) is 77.8 Å². The molecule has 0 N–H and O–H groups in total. The number of para-hydroxylation sites is 1. The van der Waals surface area contributed by atoms with E-state index in [2.05, 4.69) is 0 Å². The van der Waals surface area contributed by atoms with E-state index >= 15 is 0 Å². The highest BCUT2D eigenvalue weighted by atomic mass is 35.5. The van der Waals surface area contributed by atoms with Crippen LogP contribution < -0.4 is 5.01 Å². The fourth-order valence-electron chi connectivity index (χ4n) is 3.17. The Kier molecular flexibility index (Phi) is 4.90. The van der Waals surface area contributed by atoms with Crippen LogP contribution in [-0.4, -0.2) is 5.71 Å². The van der Waals surface area contributed by atoms with Gasteiger partial charge in [-0.2, -0.15) is 5.10 Å². The molecule has 1 aliphatic rings. The van der Waals surface area contributed by atoms with Crippen molar-refractivity contribution in [3.63, 3.8) is 0 Å². The minimum atomic E-state index is -0.0192. The van der Waals surface area contributed by atoms with Crippen LogP contribution in [0.25, 0.3) is 0 Å². The highest BCUT2D eigenvalue weighted by Gasteiger charge is 2.32. The van der Waals surface area contributed by atoms with Gasteiger partial charge in [0.2, 0.25) is 0 Å². The zero-order valence-corrected chi connectivity index (χ0v) is 16.0. The molecule has 0 bridgehead atoms. The zero-order chi connectivity index (χ0) is 18.1. The average molecular weight is 402 g/mol. The number of benzene rings is 3. The molecule has 0 radical (unpaired) electrons. The Morgan fingerprint density at radius 2 is 1.42 bits per heavy atom. The first-order valence-corrected chi connectivity index (χ1v) is 9.38. The quantitative estimate of drug-likeness (QED) is 0.461. The van der Waals surface area contributed by atoms with Crippen molar-refractivity contribution in [1.82, 2.24) is 0 Å². The van der Waals surface area contributed by atoms with E-state index in [9.17, 15) is 0 Å². The maximum atomic E-state index is 6.48. The topological polar surface area (TPSA) is 15.6 Å². The molecule has 0 saturated carbocycles. The maximum absolute atomic E-state index is 6.48. The number of halogens is 3. The molecule has 0 aliphatic carbocycles. The first kappa shape index (κ1) is 17.4. The molecule has 130 valence electrons. The molecule has 4 rings (SSSR count). The molecule has 0 amide bonds. The zero-order valence-electron chi connectivity index (χ0n) is 13.7. The van der Waals surface area contributed by atoms with Gasteiger partial charge in [0.1, 0.15) is 0 Å². The number of rotatable bonds is 3. The SMILES string of the molecule is Clc1ccc(C2=NN(c3ccccc3Cl)[C@@H](c3ccccc3Cl)C2)cc1. The Balaban J connectivity index is 1.80. The van der Waals surface area contributed by atoms with Crippen molar-refractivity contribution >= 4 is 46.2 Å². The summed E-state index contributed by atoms with van der Waals surface area (Å²) < 4.78 is 0. The molecule has 2 nitrogen and oxygen atoms in total. The van der Waals surface area contributed by atoms with E-state index in [1.165, 1.54) is 0 Å². The van der Waals surface area contributed by atoms with Gasteiger partial charge in [0.25, 0.3) is 0 Å². The second kappa shape index (κ2) is 7.32. The highest BCUT2D eigenvalue weighted by molar-refractivity contribution is 6.33. The second-order valence-electron chi connectivity index (χ2n) is 6.09. The predicted octanol–water partition coefficient (Wildman–Crippen LogP) is 7.00. The predicted molar refractivity (Wildman–Crippen MR) is 111 cm³/mol. The largest absolute Gasteiger partial charge is 0.256 e. The van der Waals surface area contributed by atoms with Crippen molar-refractivity contribution in [2.75, 3.05) is 5.01 Å². The summed E-state index contributed by atoms with van der Waals surface area (Å²) in [6, 6.07) is 23.3. The van der Waals surface area contributed by atoms with Crippen LogP contribution in [0, 0.1) is 0 Å². The van der Waals surface area contributed by atoms with Crippen molar-refractivity contribution < 1.29 is 0 Å². The number of hydrogen-bond acceptors (Lipinski definition) is 2. The van der Waals surface area contributed by atoms with Crippen LogP contribution in [0.5, 0.6) is 0 Å². The van der Waals surface area contributed by atoms with Crippen molar-refractivity contribution in [3.05, 3.63) is 99.0 Å². The van der Waals surface area contributed by atoms with Crippen LogP contribution in [0.3, 0.4) is 0 Å². The molecular weight excluding hydrogens is 387 g/mol. The Morgan fingerprint density at radius 3 is 2.12 bits per heavy atom. The van der Waals surface area contributed by atoms with Crippen molar-refractivity contribution in [3.8, 4) is 0 Å². The third-order valence-corrected chi connectivity index (χ3v) is 5.37. The van der Waals surface area contributed by atoms with Gasteiger partial charge in [-0.25, -0.2) is 0 Å². The Bertz CT molecular complexity index is 967. The lowest BCUT2D eigenvalue weighted by Crippen LogP contribution is -2.19. The molecule has 1 heterocycles. The van der Waals surface area contributed by atoms with Crippen molar-refractivity contribution in [1.29, 1.82) is 0 Å². The van der Waals surface area contributed by atoms with Crippen molar-refractivity contribution in [2.45, 2.75) is 12.5 Å². The Morgan fingerprint density at radius 1 is 0.769 bits per heavy atom. The summed E-state index contributed by atoms with van der Waals surface area (Å²) in [4.78, 5) is 0. The molecule has 5 heteroatoms. The first-order valence-electron chi connectivity index (χ1n) is 8.25.